The Hall–Kier alpha value is -4.11. The van der Waals surface area contributed by atoms with Crippen LogP contribution in [0.15, 0.2) is 42.6 Å². The van der Waals surface area contributed by atoms with Crippen LogP contribution in [0.25, 0.3) is 0 Å². The van der Waals surface area contributed by atoms with Crippen LogP contribution in [0.2, 0.25) is 0 Å². The summed E-state index contributed by atoms with van der Waals surface area (Å²) >= 11 is 0. The van der Waals surface area contributed by atoms with Crippen molar-refractivity contribution in [2.75, 3.05) is 25.0 Å². The third-order valence-electron chi connectivity index (χ3n) is 6.47. The molecule has 3 aromatic rings. The van der Waals surface area contributed by atoms with E-state index in [1.807, 2.05) is 5.32 Å². The minimum absolute atomic E-state index is 0.0679. The van der Waals surface area contributed by atoms with Crippen LogP contribution in [0.4, 0.5) is 50.0 Å². The highest BCUT2D eigenvalue weighted by Crippen LogP contribution is 2.39. The van der Waals surface area contributed by atoms with E-state index in [1.54, 1.807) is 0 Å². The molecule has 1 fully saturated rings. The second-order valence-corrected chi connectivity index (χ2v) is 9.42. The largest absolute Gasteiger partial charge is 0.471 e. The number of ether oxygens (including phenoxy) is 1. The molecular formula is C26H22F9N5O2. The van der Waals surface area contributed by atoms with E-state index < -0.39 is 71.0 Å². The second kappa shape index (κ2) is 11.6. The number of rotatable bonds is 6. The van der Waals surface area contributed by atoms with Crippen LogP contribution >= 0.6 is 0 Å². The third kappa shape index (κ3) is 7.02. The van der Waals surface area contributed by atoms with Gasteiger partial charge < -0.3 is 15.0 Å². The number of urea groups is 1. The van der Waals surface area contributed by atoms with Crippen molar-refractivity contribution in [3.05, 3.63) is 76.8 Å². The zero-order valence-corrected chi connectivity index (χ0v) is 21.7. The lowest BCUT2D eigenvalue weighted by atomic mass is 9.89. The van der Waals surface area contributed by atoms with Gasteiger partial charge in [-0.25, -0.2) is 24.1 Å². The number of nitrogens with zero attached hydrogens (tertiary/aromatic N) is 4. The summed E-state index contributed by atoms with van der Waals surface area (Å²) in [6.45, 7) is -0.0636. The SMILES string of the molecule is Cc1ncc(C(F)(F)COc2cccc(C(F)(F)F)n2)c(C2CCN(C(=O)Nc3c(F)cccc3C(F)(F)F)CC2)n1. The van der Waals surface area contributed by atoms with Crippen LogP contribution in [0.1, 0.15) is 47.1 Å². The summed E-state index contributed by atoms with van der Waals surface area (Å²) in [5.41, 5.74) is -4.41. The number of hydrogen-bond donors (Lipinski definition) is 1. The van der Waals surface area contributed by atoms with Crippen molar-refractivity contribution in [1.82, 2.24) is 19.9 Å². The molecule has 1 saturated heterocycles. The molecule has 0 spiro atoms. The van der Waals surface area contributed by atoms with Gasteiger partial charge in [0, 0.05) is 31.3 Å². The summed E-state index contributed by atoms with van der Waals surface area (Å²) in [6.07, 6.45) is -8.69. The number of anilines is 1. The Labute approximate surface area is 232 Å². The van der Waals surface area contributed by atoms with Gasteiger partial charge in [-0.3, -0.25) is 0 Å². The lowest BCUT2D eigenvalue weighted by Gasteiger charge is -2.33. The molecule has 1 N–H and O–H groups in total. The number of carbonyl (C=O) groups is 1. The van der Waals surface area contributed by atoms with E-state index in [4.69, 9.17) is 4.74 Å². The van der Waals surface area contributed by atoms with Crippen LogP contribution in [-0.4, -0.2) is 45.6 Å². The van der Waals surface area contributed by atoms with Gasteiger partial charge in [0.1, 0.15) is 17.3 Å². The smallest absolute Gasteiger partial charge is 0.433 e. The molecule has 0 atom stereocenters. The normalized spacial score (nSPS) is 15.0. The number of halogens is 9. The highest BCUT2D eigenvalue weighted by Gasteiger charge is 2.40. The van der Waals surface area contributed by atoms with Gasteiger partial charge in [0.05, 0.1) is 22.5 Å². The molecule has 0 radical (unpaired) electrons. The topological polar surface area (TPSA) is 80.2 Å². The number of alkyl halides is 8. The number of piperidine rings is 1. The quantitative estimate of drug-likeness (QED) is 0.307. The van der Waals surface area contributed by atoms with E-state index in [0.29, 0.717) is 12.1 Å². The Balaban J connectivity index is 1.46. The lowest BCUT2D eigenvalue weighted by molar-refractivity contribution is -0.141. The number of carbonyl (C=O) groups excluding carboxylic acids is 1. The van der Waals surface area contributed by atoms with Gasteiger partial charge >= 0.3 is 24.3 Å². The molecule has 16 heteroatoms. The fourth-order valence-corrected chi connectivity index (χ4v) is 4.41. The molecular weight excluding hydrogens is 585 g/mol. The Kier molecular flexibility index (Phi) is 8.55. The first kappa shape index (κ1) is 30.8. The number of pyridine rings is 1. The van der Waals surface area contributed by atoms with Gasteiger partial charge in [-0.15, -0.1) is 0 Å². The predicted octanol–water partition coefficient (Wildman–Crippen LogP) is 6.94. The van der Waals surface area contributed by atoms with Gasteiger partial charge in [0.2, 0.25) is 5.88 Å². The zero-order valence-electron chi connectivity index (χ0n) is 21.7. The van der Waals surface area contributed by atoms with Crippen molar-refractivity contribution < 1.29 is 49.0 Å². The van der Waals surface area contributed by atoms with E-state index in [0.717, 1.165) is 35.4 Å². The van der Waals surface area contributed by atoms with Gasteiger partial charge in [-0.1, -0.05) is 12.1 Å². The van der Waals surface area contributed by atoms with Crippen LogP contribution in [0.3, 0.4) is 0 Å². The van der Waals surface area contributed by atoms with Crippen molar-refractivity contribution >= 4 is 11.7 Å². The van der Waals surface area contributed by atoms with Crippen LogP contribution in [0.5, 0.6) is 5.88 Å². The average molecular weight is 607 g/mol. The van der Waals surface area contributed by atoms with E-state index in [-0.39, 0.29) is 37.4 Å². The fourth-order valence-electron chi connectivity index (χ4n) is 4.41. The number of nitrogens with one attached hydrogen (secondary N) is 1. The molecule has 1 aliphatic heterocycles. The summed E-state index contributed by atoms with van der Waals surface area (Å²) in [6, 6.07) is 3.86. The van der Waals surface area contributed by atoms with Crippen molar-refractivity contribution in [3.8, 4) is 5.88 Å². The standard InChI is InChI=1S/C26H22F9N5O2/c1-14-36-12-17(24(28,29)13-42-20-7-3-6-19(38-20)26(33,34)35)21(37-14)15-8-10-40(11-9-15)23(41)39-22-16(25(30,31)32)4-2-5-18(22)27/h2-7,12,15H,8-11,13H2,1H3,(H,39,41). The predicted molar refractivity (Wildman–Crippen MR) is 129 cm³/mol. The maximum Gasteiger partial charge on any atom is 0.433 e. The lowest BCUT2D eigenvalue weighted by Crippen LogP contribution is -2.41. The van der Waals surface area contributed by atoms with Crippen molar-refractivity contribution in [1.29, 1.82) is 0 Å². The first-order valence-electron chi connectivity index (χ1n) is 12.4. The monoisotopic (exact) mass is 607 g/mol. The molecule has 0 bridgehead atoms. The Bertz CT molecular complexity index is 1440. The minimum atomic E-state index is -4.93. The van der Waals surface area contributed by atoms with Crippen molar-refractivity contribution in [2.45, 2.75) is 44.0 Å². The molecule has 0 saturated carbocycles. The number of para-hydroxylation sites is 1. The number of benzene rings is 1. The molecule has 42 heavy (non-hydrogen) atoms. The van der Waals surface area contributed by atoms with Gasteiger partial charge in [-0.05, 0) is 38.0 Å². The van der Waals surface area contributed by atoms with Crippen molar-refractivity contribution in [2.24, 2.45) is 0 Å². The Morgan fingerprint density at radius 2 is 1.62 bits per heavy atom. The average Bonchev–Trinajstić information content (AvgIpc) is 2.92. The second-order valence-electron chi connectivity index (χ2n) is 9.42. The summed E-state index contributed by atoms with van der Waals surface area (Å²) in [4.78, 5) is 25.0. The van der Waals surface area contributed by atoms with Gasteiger partial charge in [0.15, 0.2) is 6.61 Å². The third-order valence-corrected chi connectivity index (χ3v) is 6.47. The number of likely N-dealkylation sites (tertiary alicyclic amines) is 1. The molecule has 2 aromatic heterocycles. The van der Waals surface area contributed by atoms with Crippen LogP contribution in [-0.2, 0) is 18.3 Å². The molecule has 4 rings (SSSR count). The van der Waals surface area contributed by atoms with Gasteiger partial charge in [-0.2, -0.15) is 35.1 Å². The molecule has 1 aliphatic rings. The maximum atomic E-state index is 15.3. The number of amides is 2. The van der Waals surface area contributed by atoms with E-state index >= 15 is 8.78 Å². The minimum Gasteiger partial charge on any atom is -0.471 e. The summed E-state index contributed by atoms with van der Waals surface area (Å²) in [5.74, 6) is -6.18. The molecule has 1 aromatic carbocycles. The first-order valence-corrected chi connectivity index (χ1v) is 12.4. The molecule has 226 valence electrons. The summed E-state index contributed by atoms with van der Waals surface area (Å²) < 4.78 is 128. The molecule has 7 nitrogen and oxygen atoms in total. The first-order chi connectivity index (χ1) is 19.6. The number of hydrogen-bond acceptors (Lipinski definition) is 5. The fraction of sp³-hybridized carbons (Fsp3) is 0.385. The van der Waals surface area contributed by atoms with Crippen molar-refractivity contribution in [3.63, 3.8) is 0 Å². The Morgan fingerprint density at radius 3 is 2.26 bits per heavy atom. The highest BCUT2D eigenvalue weighted by molar-refractivity contribution is 5.90. The number of aromatic nitrogens is 3. The van der Waals surface area contributed by atoms with Gasteiger partial charge in [0.25, 0.3) is 0 Å². The highest BCUT2D eigenvalue weighted by atomic mass is 19.4. The van der Waals surface area contributed by atoms with Crippen LogP contribution < -0.4 is 10.1 Å². The van der Waals surface area contributed by atoms with E-state index in [9.17, 15) is 35.5 Å². The van der Waals surface area contributed by atoms with Crippen LogP contribution in [0, 0.1) is 12.7 Å². The Morgan fingerprint density at radius 1 is 0.952 bits per heavy atom. The molecule has 2 amide bonds. The summed E-state index contributed by atoms with van der Waals surface area (Å²) in [7, 11) is 0. The number of aryl methyl sites for hydroxylation is 1. The molecule has 3 heterocycles. The van der Waals surface area contributed by atoms with E-state index in [2.05, 4.69) is 15.0 Å². The maximum absolute atomic E-state index is 15.3. The summed E-state index contributed by atoms with van der Waals surface area (Å²) in [5, 5.41) is 1.95. The molecule has 0 unspecified atom stereocenters. The zero-order chi connectivity index (χ0) is 30.9. The molecule has 0 aliphatic carbocycles. The van der Waals surface area contributed by atoms with E-state index in [1.165, 1.54) is 6.92 Å².